The van der Waals surface area contributed by atoms with Gasteiger partial charge < -0.3 is 34.0 Å². The van der Waals surface area contributed by atoms with Gasteiger partial charge in [0.05, 0.1) is 97.9 Å². The Morgan fingerprint density at radius 3 is 1.27 bits per heavy atom. The molecule has 3 aromatic carbocycles. The van der Waals surface area contributed by atoms with E-state index >= 15 is 0 Å². The average molecular weight is 1940 g/mol. The van der Waals surface area contributed by atoms with Crippen molar-refractivity contribution in [3.8, 4) is 22.6 Å². The number of aliphatic imine (C=N–C) groups is 1. The maximum Gasteiger partial charge on any atom is 0.358 e. The number of aldehydes is 1. The topological polar surface area (TPSA) is 394 Å². The van der Waals surface area contributed by atoms with Crippen LogP contribution in [0.3, 0.4) is 0 Å². The number of nitrogens with two attached hydrogens (primary N) is 1. The number of halogens is 3. The number of benzene rings is 3. The number of hydrogen-bond acceptors (Lipinski definition) is 26. The fourth-order valence-electron chi connectivity index (χ4n) is 12.4. The summed E-state index contributed by atoms with van der Waals surface area (Å²) >= 11 is 3.87. The van der Waals surface area contributed by atoms with Crippen molar-refractivity contribution in [3.63, 3.8) is 0 Å². The average Bonchev–Trinajstić information content (AvgIpc) is 1.72. The maximum absolute atomic E-state index is 13.3. The molecule has 11 heterocycles. The third-order valence-electron chi connectivity index (χ3n) is 19.0. The number of sulfone groups is 1. The second-order valence-electron chi connectivity index (χ2n) is 28.2. The second kappa shape index (κ2) is 53.5. The maximum atomic E-state index is 13.3. The first kappa shape index (κ1) is 105. The van der Waals surface area contributed by atoms with Gasteiger partial charge in [0.25, 0.3) is 9.84 Å². The summed E-state index contributed by atoms with van der Waals surface area (Å²) < 4.78 is 91.9. The van der Waals surface area contributed by atoms with Crippen LogP contribution in [0.1, 0.15) is 206 Å². The van der Waals surface area contributed by atoms with Gasteiger partial charge in [0, 0.05) is 24.9 Å². The third kappa shape index (κ3) is 29.2. The molecule has 0 fully saturated rings. The van der Waals surface area contributed by atoms with Crippen molar-refractivity contribution < 1.29 is 69.7 Å². The molecule has 0 aliphatic rings. The number of nitrogens with zero attached hydrogens (tertiary/aromatic N) is 19. The predicted molar refractivity (Wildman–Crippen MR) is 500 cm³/mol. The van der Waals surface area contributed by atoms with E-state index in [1.807, 2.05) is 38.3 Å². The Morgan fingerprint density at radius 2 is 0.885 bits per heavy atom. The molecule has 14 aromatic rings. The van der Waals surface area contributed by atoms with E-state index in [-0.39, 0.29) is 52.3 Å². The van der Waals surface area contributed by atoms with Crippen LogP contribution in [0.4, 0.5) is 8.78 Å². The molecule has 1 unspecified atom stereocenters. The van der Waals surface area contributed by atoms with E-state index in [2.05, 4.69) is 103 Å². The minimum absolute atomic E-state index is 0.0911. The zero-order chi connectivity index (χ0) is 95.6. The van der Waals surface area contributed by atoms with Gasteiger partial charge in [-0.1, -0.05) is 42.8 Å². The summed E-state index contributed by atoms with van der Waals surface area (Å²) in [6.07, 6.45) is 21.2. The predicted octanol–water partition coefficient (Wildman–Crippen LogP) is 17.8. The van der Waals surface area contributed by atoms with Crippen LogP contribution in [-0.4, -0.2) is 198 Å². The molecular formula is C93H109ClF2N20O13SSn. The Balaban J connectivity index is 0.000000210. The van der Waals surface area contributed by atoms with Gasteiger partial charge in [-0.05, 0) is 189 Å². The van der Waals surface area contributed by atoms with Crippen LogP contribution in [0.25, 0.3) is 61.8 Å². The summed E-state index contributed by atoms with van der Waals surface area (Å²) in [7, 11) is -3.81. The Labute approximate surface area is 767 Å². The zero-order valence-electron chi connectivity index (χ0n) is 75.4. The fraction of sp³-hybridized carbons (Fsp3) is 0.323. The molecule has 38 heteroatoms. The van der Waals surface area contributed by atoms with Crippen molar-refractivity contribution in [2.75, 3.05) is 46.1 Å². The second-order valence-corrected chi connectivity index (χ2v) is 43.8. The van der Waals surface area contributed by atoms with Gasteiger partial charge in [-0.25, -0.2) is 100 Å². The molecule has 0 aliphatic heterocycles. The van der Waals surface area contributed by atoms with Gasteiger partial charge in [0.1, 0.15) is 33.9 Å². The molecular weight excluding hydrogens is 1830 g/mol. The third-order valence-corrected chi connectivity index (χ3v) is 35.1. The Kier molecular flexibility index (Phi) is 42.7. The van der Waals surface area contributed by atoms with E-state index in [1.165, 1.54) is 135 Å². The molecule has 131 heavy (non-hydrogen) atoms. The summed E-state index contributed by atoms with van der Waals surface area (Å²) in [6, 6.07) is 34.6. The SMILES string of the molecule is C=Cc1ccc2ncc(C(=O)OCC)n2n1.C=[CH][Sn]([CH2]CCC)([CH2]CCC)[CH2]CCC.CCN.CCN=Cc1ccc2ncc(C(=O)OCC)n2n1.CCOC(=O)c1cnc2ccc(-c3c(-c4ccc(F)cc4)ncn3CC)nn12.CCOC(=O)c1cnc2ccc(C=O)nn12.CCOC(=O)c1cnc2ccc(Cl)nn12.[C-]#[N+]C(c1ccc(F)cc1)S(=O)(=O)c1ccc(C)cc1. The van der Waals surface area contributed by atoms with Crippen LogP contribution in [0.5, 0.6) is 0 Å². The van der Waals surface area contributed by atoms with Crippen molar-refractivity contribution in [1.82, 2.24) is 82.5 Å². The van der Waals surface area contributed by atoms with Gasteiger partial charge in [-0.2, -0.15) is 25.5 Å². The number of carbonyl (C=O) groups is 6. The van der Waals surface area contributed by atoms with E-state index in [4.69, 9.17) is 47.6 Å². The van der Waals surface area contributed by atoms with Crippen molar-refractivity contribution in [2.24, 2.45) is 10.7 Å². The number of ether oxygens (including phenoxy) is 5. The number of imidazole rings is 6. The quantitative estimate of drug-likeness (QED) is 0.0109. The number of hydrogen-bond donors (Lipinski definition) is 1. The number of rotatable bonds is 30. The molecule has 0 saturated heterocycles. The van der Waals surface area contributed by atoms with Gasteiger partial charge >= 0.3 is 137 Å². The first-order valence-corrected chi connectivity index (χ1v) is 52.3. The molecule has 0 aliphatic carbocycles. The summed E-state index contributed by atoms with van der Waals surface area (Å²) in [4.78, 5) is 101. The van der Waals surface area contributed by atoms with Crippen molar-refractivity contribution in [2.45, 2.75) is 152 Å². The van der Waals surface area contributed by atoms with Gasteiger partial charge in [-0.3, -0.25) is 14.6 Å². The van der Waals surface area contributed by atoms with E-state index in [1.54, 1.807) is 139 Å². The van der Waals surface area contributed by atoms with Crippen LogP contribution >= 0.6 is 11.6 Å². The van der Waals surface area contributed by atoms with E-state index < -0.39 is 69.3 Å². The summed E-state index contributed by atoms with van der Waals surface area (Å²) in [5.74, 6) is -3.08. The van der Waals surface area contributed by atoms with Gasteiger partial charge in [-0.15, -0.1) is 0 Å². The van der Waals surface area contributed by atoms with Crippen molar-refractivity contribution >= 4 is 116 Å². The van der Waals surface area contributed by atoms with Gasteiger partial charge in [0.15, 0.2) is 63.0 Å². The van der Waals surface area contributed by atoms with Crippen LogP contribution in [0, 0.1) is 25.1 Å². The van der Waals surface area contributed by atoms with E-state index in [0.29, 0.717) is 107 Å². The normalized spacial score (nSPS) is 11.0. The smallest absolute Gasteiger partial charge is 0.358 e. The van der Waals surface area contributed by atoms with Gasteiger partial charge in [0.2, 0.25) is 0 Å². The number of esters is 5. The van der Waals surface area contributed by atoms with Crippen LogP contribution in [0.15, 0.2) is 198 Å². The summed E-state index contributed by atoms with van der Waals surface area (Å²) in [6.45, 7) is 41.9. The standard InChI is InChI=1S/C20H18FN5O2.C15H12FNO2S.C12H14N4O2.C11H11N3O2.C10H9N3O3.C9H8ClN3O2.3C4H9.C2H7N.C2H3.Sn/c1-3-25-12-23-18(13-5-7-14(21)8-6-13)19(25)15-9-10-17-22-11-16(26(17)24-15)20(27)28-4-2;1-11-3-9-14(10-4-11)20(18,19)15(17-2)12-5-7-13(16)8-6-12;1-3-13-7-9-5-6-11-14-8-10(16(11)15-9)12(17)18-4-2;1-3-8-5-6-10-12-7-9(14(10)13-8)11(15)16-4-2;1-2-16-10(15)8-5-11-9-4-3-7(6-14)12-13(8)9;1-2-15-9(14)6-5-11-8-4-3-7(10)12-13(6)8;3*1-3-4-2;1-2-3;1-2;/h5-12H,3-4H2,1-2H3;3-10,15H,1H3;5-8H,3-4H2,1-2H3;3,5-7H,1,4H2,2H3;3-6H,2H2,1H3;3-5H,2H2,1H3;3*1,3-4H2,2H3;2-3H2,1H3;1H,2H2;. The monoisotopic (exact) mass is 1940 g/mol. The Hall–Kier alpha value is -13.5. The minimum atomic E-state index is -3.81. The molecule has 0 amide bonds. The molecule has 690 valence electrons. The number of aromatic nitrogens is 17. The summed E-state index contributed by atoms with van der Waals surface area (Å²) in [5.41, 5.74) is 14.7. The molecule has 0 bridgehead atoms. The largest absolute Gasteiger partial charge is 0.461 e. The zero-order valence-corrected chi connectivity index (χ0v) is 79.8. The first-order valence-electron chi connectivity index (χ1n) is 42.6. The first-order chi connectivity index (χ1) is 63.2. The molecule has 2 N–H and O–H groups in total. The minimum Gasteiger partial charge on any atom is -0.461 e. The molecule has 11 aromatic heterocycles. The van der Waals surface area contributed by atoms with Crippen LogP contribution < -0.4 is 5.73 Å². The Morgan fingerprint density at radius 1 is 0.511 bits per heavy atom. The Bertz CT molecular complexity index is 6190. The molecule has 0 radical (unpaired) electrons. The summed E-state index contributed by atoms with van der Waals surface area (Å²) in [5, 5.41) is 19.9. The number of unbranched alkanes of at least 4 members (excludes halogenated alkanes) is 3. The molecule has 1 atom stereocenters. The molecule has 33 nitrogen and oxygen atoms in total. The van der Waals surface area contributed by atoms with Crippen LogP contribution in [0.2, 0.25) is 18.5 Å². The van der Waals surface area contributed by atoms with E-state index in [9.17, 15) is 46.0 Å². The number of aryl methyl sites for hydroxylation is 2. The molecule has 0 saturated carbocycles. The van der Waals surface area contributed by atoms with Crippen LogP contribution in [-0.2, 0) is 40.1 Å². The molecule has 14 rings (SSSR count). The number of carbonyl (C=O) groups excluding carboxylic acids is 6. The molecule has 0 spiro atoms. The fourth-order valence-corrected chi connectivity index (χ4v) is 27.0. The van der Waals surface area contributed by atoms with Crippen molar-refractivity contribution in [3.05, 3.63) is 273 Å². The number of fused-ring (bicyclic) bond motifs is 5. The van der Waals surface area contributed by atoms with Crippen molar-refractivity contribution in [1.29, 1.82) is 0 Å². The van der Waals surface area contributed by atoms with E-state index in [0.717, 1.165) is 35.5 Å².